The van der Waals surface area contributed by atoms with Crippen LogP contribution in [0.5, 0.6) is 0 Å². The fraction of sp³-hybridized carbons (Fsp3) is 1.00. The van der Waals surface area contributed by atoms with Gasteiger partial charge < -0.3 is 10.6 Å². The van der Waals surface area contributed by atoms with Gasteiger partial charge >= 0.3 is 0 Å². The van der Waals surface area contributed by atoms with Gasteiger partial charge in [-0.2, -0.15) is 0 Å². The molecule has 0 fully saturated rings. The Kier molecular flexibility index (Phi) is 8.20. The van der Waals surface area contributed by atoms with Crippen molar-refractivity contribution in [1.82, 2.24) is 4.90 Å². The minimum absolute atomic E-state index is 0.345. The highest BCUT2D eigenvalue weighted by atomic mass is 15.1. The van der Waals surface area contributed by atoms with Gasteiger partial charge in [0.25, 0.3) is 0 Å². The third-order valence-electron chi connectivity index (χ3n) is 2.92. The zero-order valence-electron chi connectivity index (χ0n) is 10.4. The van der Waals surface area contributed by atoms with E-state index in [1.54, 1.807) is 0 Å². The van der Waals surface area contributed by atoms with Crippen molar-refractivity contribution in [3.63, 3.8) is 0 Å². The van der Waals surface area contributed by atoms with Crippen LogP contribution < -0.4 is 5.73 Å². The van der Waals surface area contributed by atoms with Gasteiger partial charge in [0.1, 0.15) is 0 Å². The van der Waals surface area contributed by atoms with Gasteiger partial charge in [-0.1, -0.05) is 34.1 Å². The molecule has 0 rings (SSSR count). The average Bonchev–Trinajstić information content (AvgIpc) is 2.17. The number of rotatable bonds is 8. The van der Waals surface area contributed by atoms with Crippen LogP contribution in [-0.4, -0.2) is 30.6 Å². The van der Waals surface area contributed by atoms with Gasteiger partial charge in [0, 0.05) is 12.6 Å². The lowest BCUT2D eigenvalue weighted by Gasteiger charge is -2.27. The second-order valence-corrected chi connectivity index (χ2v) is 4.35. The summed E-state index contributed by atoms with van der Waals surface area (Å²) < 4.78 is 0. The van der Waals surface area contributed by atoms with E-state index in [0.717, 1.165) is 6.54 Å². The lowest BCUT2D eigenvalue weighted by atomic mass is 9.99. The Hall–Kier alpha value is -0.0800. The molecule has 0 amide bonds. The van der Waals surface area contributed by atoms with E-state index in [1.807, 2.05) is 0 Å². The van der Waals surface area contributed by atoms with Crippen LogP contribution in [-0.2, 0) is 0 Å². The Balaban J connectivity index is 3.87. The first kappa shape index (κ1) is 13.9. The molecule has 0 heterocycles. The molecule has 2 atom stereocenters. The van der Waals surface area contributed by atoms with E-state index in [-0.39, 0.29) is 0 Å². The van der Waals surface area contributed by atoms with Crippen LogP contribution in [0.3, 0.4) is 0 Å². The fourth-order valence-electron chi connectivity index (χ4n) is 1.71. The van der Waals surface area contributed by atoms with Crippen molar-refractivity contribution >= 4 is 0 Å². The van der Waals surface area contributed by atoms with Crippen LogP contribution in [0.15, 0.2) is 0 Å². The fourth-order valence-corrected chi connectivity index (χ4v) is 1.71. The molecule has 2 nitrogen and oxygen atoms in total. The van der Waals surface area contributed by atoms with Crippen molar-refractivity contribution in [3.8, 4) is 0 Å². The number of nitrogens with zero attached hydrogens (tertiary/aromatic N) is 1. The highest BCUT2D eigenvalue weighted by Crippen LogP contribution is 2.07. The van der Waals surface area contributed by atoms with Crippen molar-refractivity contribution in [2.45, 2.75) is 53.0 Å². The standard InChI is InChI=1S/C12H28N2/c1-5-8-14(9-6-2)10-12(13)11(4)7-3/h11-12H,5-10,13H2,1-4H3/t11?,12-/m1/s1. The molecule has 2 heteroatoms. The van der Waals surface area contributed by atoms with Gasteiger partial charge in [0.2, 0.25) is 0 Å². The van der Waals surface area contributed by atoms with Crippen molar-refractivity contribution in [2.24, 2.45) is 11.7 Å². The first-order valence-electron chi connectivity index (χ1n) is 6.13. The molecule has 0 saturated carbocycles. The van der Waals surface area contributed by atoms with Gasteiger partial charge in [-0.15, -0.1) is 0 Å². The molecule has 0 aliphatic carbocycles. The summed E-state index contributed by atoms with van der Waals surface area (Å²) in [7, 11) is 0. The van der Waals surface area contributed by atoms with Gasteiger partial charge in [0.15, 0.2) is 0 Å². The van der Waals surface area contributed by atoms with E-state index in [9.17, 15) is 0 Å². The van der Waals surface area contributed by atoms with E-state index in [2.05, 4.69) is 32.6 Å². The summed E-state index contributed by atoms with van der Waals surface area (Å²) in [6.07, 6.45) is 3.65. The topological polar surface area (TPSA) is 29.3 Å². The van der Waals surface area contributed by atoms with Crippen LogP contribution in [0.25, 0.3) is 0 Å². The Bertz CT molecular complexity index is 119. The summed E-state index contributed by atoms with van der Waals surface area (Å²) in [4.78, 5) is 2.50. The number of nitrogens with two attached hydrogens (primary N) is 1. The molecule has 86 valence electrons. The molecular weight excluding hydrogens is 172 g/mol. The van der Waals surface area contributed by atoms with Crippen LogP contribution in [0, 0.1) is 5.92 Å². The summed E-state index contributed by atoms with van der Waals surface area (Å²) in [5.74, 6) is 0.645. The molecular formula is C12H28N2. The van der Waals surface area contributed by atoms with Gasteiger partial charge in [-0.05, 0) is 31.8 Å². The Morgan fingerprint density at radius 3 is 1.93 bits per heavy atom. The Labute approximate surface area is 89.9 Å². The minimum Gasteiger partial charge on any atom is -0.326 e. The Morgan fingerprint density at radius 2 is 1.57 bits per heavy atom. The lowest BCUT2D eigenvalue weighted by Crippen LogP contribution is -2.42. The predicted octanol–water partition coefficient (Wildman–Crippen LogP) is 2.48. The zero-order valence-corrected chi connectivity index (χ0v) is 10.4. The molecule has 2 N–H and O–H groups in total. The third kappa shape index (κ3) is 5.61. The predicted molar refractivity (Wildman–Crippen MR) is 64.5 cm³/mol. The SMILES string of the molecule is CCCN(CCC)C[C@@H](N)C(C)CC. The largest absolute Gasteiger partial charge is 0.326 e. The summed E-state index contributed by atoms with van der Waals surface area (Å²) in [5.41, 5.74) is 6.15. The van der Waals surface area contributed by atoms with Gasteiger partial charge in [-0.3, -0.25) is 0 Å². The number of hydrogen-bond acceptors (Lipinski definition) is 2. The maximum absolute atomic E-state index is 6.15. The molecule has 0 saturated heterocycles. The second-order valence-electron chi connectivity index (χ2n) is 4.35. The molecule has 14 heavy (non-hydrogen) atoms. The molecule has 1 unspecified atom stereocenters. The Morgan fingerprint density at radius 1 is 1.07 bits per heavy atom. The van der Waals surface area contributed by atoms with E-state index >= 15 is 0 Å². The molecule has 0 aliphatic rings. The monoisotopic (exact) mass is 200 g/mol. The summed E-state index contributed by atoms with van der Waals surface area (Å²) in [6, 6.07) is 0.345. The number of hydrogen-bond donors (Lipinski definition) is 1. The van der Waals surface area contributed by atoms with Crippen LogP contribution in [0.2, 0.25) is 0 Å². The molecule has 0 aromatic heterocycles. The van der Waals surface area contributed by atoms with E-state index in [0.29, 0.717) is 12.0 Å². The van der Waals surface area contributed by atoms with Crippen LogP contribution >= 0.6 is 0 Å². The average molecular weight is 200 g/mol. The summed E-state index contributed by atoms with van der Waals surface area (Å²) in [6.45, 7) is 12.4. The maximum Gasteiger partial charge on any atom is 0.0193 e. The molecule has 0 aromatic carbocycles. The van der Waals surface area contributed by atoms with E-state index in [1.165, 1.54) is 32.4 Å². The molecule has 0 radical (unpaired) electrons. The lowest BCUT2D eigenvalue weighted by molar-refractivity contribution is 0.232. The molecule has 0 aliphatic heterocycles. The van der Waals surface area contributed by atoms with Crippen LogP contribution in [0.1, 0.15) is 47.0 Å². The second kappa shape index (κ2) is 8.25. The normalized spacial score (nSPS) is 15.9. The maximum atomic E-state index is 6.15. The van der Waals surface area contributed by atoms with Gasteiger partial charge in [0.05, 0.1) is 0 Å². The zero-order chi connectivity index (χ0) is 11.0. The summed E-state index contributed by atoms with van der Waals surface area (Å²) >= 11 is 0. The van der Waals surface area contributed by atoms with Crippen molar-refractivity contribution in [2.75, 3.05) is 19.6 Å². The van der Waals surface area contributed by atoms with Crippen molar-refractivity contribution in [1.29, 1.82) is 0 Å². The highest BCUT2D eigenvalue weighted by molar-refractivity contribution is 4.72. The van der Waals surface area contributed by atoms with Gasteiger partial charge in [-0.25, -0.2) is 0 Å². The van der Waals surface area contributed by atoms with E-state index in [4.69, 9.17) is 5.73 Å². The minimum atomic E-state index is 0.345. The summed E-state index contributed by atoms with van der Waals surface area (Å²) in [5, 5.41) is 0. The van der Waals surface area contributed by atoms with E-state index < -0.39 is 0 Å². The molecule has 0 bridgehead atoms. The first-order chi connectivity index (χ1) is 6.65. The van der Waals surface area contributed by atoms with Crippen molar-refractivity contribution in [3.05, 3.63) is 0 Å². The first-order valence-corrected chi connectivity index (χ1v) is 6.13. The smallest absolute Gasteiger partial charge is 0.0193 e. The van der Waals surface area contributed by atoms with Crippen LogP contribution in [0.4, 0.5) is 0 Å². The molecule has 0 aromatic rings. The third-order valence-corrected chi connectivity index (χ3v) is 2.92. The molecule has 0 spiro atoms. The van der Waals surface area contributed by atoms with Crippen molar-refractivity contribution < 1.29 is 0 Å². The highest BCUT2D eigenvalue weighted by Gasteiger charge is 2.14. The quantitative estimate of drug-likeness (QED) is 0.652.